The Morgan fingerprint density at radius 1 is 0.963 bits per heavy atom. The summed E-state index contributed by atoms with van der Waals surface area (Å²) in [5.41, 5.74) is 1.57. The number of hydrogen-bond donors (Lipinski definition) is 0. The van der Waals surface area contributed by atoms with Gasteiger partial charge in [0.2, 0.25) is 5.89 Å². The van der Waals surface area contributed by atoms with Crippen LogP contribution in [0.2, 0.25) is 0 Å². The van der Waals surface area contributed by atoms with Crippen molar-refractivity contribution in [3.05, 3.63) is 60.0 Å². The zero-order valence-corrected chi connectivity index (χ0v) is 15.2. The van der Waals surface area contributed by atoms with Gasteiger partial charge in [-0.3, -0.25) is 0 Å². The lowest BCUT2D eigenvalue weighted by atomic mass is 10.1. The smallest absolute Gasteiger partial charge is 0.342 e. The van der Waals surface area contributed by atoms with Crippen molar-refractivity contribution in [3.63, 3.8) is 0 Å². The van der Waals surface area contributed by atoms with Crippen LogP contribution in [0.1, 0.15) is 16.1 Å². The second kappa shape index (κ2) is 8.27. The van der Waals surface area contributed by atoms with Crippen LogP contribution in [0.25, 0.3) is 11.5 Å². The van der Waals surface area contributed by atoms with Crippen LogP contribution in [0.3, 0.4) is 0 Å². The molecule has 0 aliphatic carbocycles. The minimum atomic E-state index is -0.572. The minimum absolute atomic E-state index is 0.0351. The molecule has 0 spiro atoms. The molecule has 0 fully saturated rings. The van der Waals surface area contributed by atoms with Gasteiger partial charge >= 0.3 is 5.97 Å². The third-order valence-electron chi connectivity index (χ3n) is 3.85. The van der Waals surface area contributed by atoms with Gasteiger partial charge in [-0.05, 0) is 12.1 Å². The first kappa shape index (κ1) is 18.3. The van der Waals surface area contributed by atoms with Crippen LogP contribution in [-0.2, 0) is 11.3 Å². The largest absolute Gasteiger partial charge is 0.496 e. The summed E-state index contributed by atoms with van der Waals surface area (Å²) in [6.07, 6.45) is 1.46. The molecule has 2 aromatic carbocycles. The summed E-state index contributed by atoms with van der Waals surface area (Å²) in [5, 5.41) is 0. The Morgan fingerprint density at radius 3 is 2.30 bits per heavy atom. The van der Waals surface area contributed by atoms with Crippen LogP contribution in [0.4, 0.5) is 0 Å². The van der Waals surface area contributed by atoms with Crippen LogP contribution in [0.15, 0.2) is 53.1 Å². The van der Waals surface area contributed by atoms with Crippen molar-refractivity contribution in [2.75, 3.05) is 21.3 Å². The molecular weight excluding hydrogens is 350 g/mol. The summed E-state index contributed by atoms with van der Waals surface area (Å²) in [6, 6.07) is 12.5. The fourth-order valence-corrected chi connectivity index (χ4v) is 2.49. The third-order valence-corrected chi connectivity index (χ3v) is 3.85. The molecule has 1 heterocycles. The number of nitrogens with zero attached hydrogens (tertiary/aromatic N) is 1. The summed E-state index contributed by atoms with van der Waals surface area (Å²) in [7, 11) is 4.45. The summed E-state index contributed by atoms with van der Waals surface area (Å²) in [5.74, 6) is 1.07. The summed E-state index contributed by atoms with van der Waals surface area (Å²) < 4.78 is 26.5. The van der Waals surface area contributed by atoms with E-state index in [1.54, 1.807) is 6.07 Å². The van der Waals surface area contributed by atoms with Gasteiger partial charge in [0.05, 0.1) is 21.3 Å². The topological polar surface area (TPSA) is 80.0 Å². The normalized spacial score (nSPS) is 10.3. The lowest BCUT2D eigenvalue weighted by molar-refractivity contribution is 0.0463. The van der Waals surface area contributed by atoms with E-state index in [-0.39, 0.29) is 12.2 Å². The lowest BCUT2D eigenvalue weighted by Gasteiger charge is -2.13. The molecule has 3 rings (SSSR count). The maximum Gasteiger partial charge on any atom is 0.342 e. The van der Waals surface area contributed by atoms with E-state index in [0.29, 0.717) is 28.8 Å². The van der Waals surface area contributed by atoms with Crippen molar-refractivity contribution in [1.29, 1.82) is 0 Å². The van der Waals surface area contributed by atoms with E-state index in [1.165, 1.54) is 33.7 Å². The predicted molar refractivity (Wildman–Crippen MR) is 97.2 cm³/mol. The Bertz CT molecular complexity index is 919. The van der Waals surface area contributed by atoms with Crippen molar-refractivity contribution < 1.29 is 28.2 Å². The fraction of sp³-hybridized carbons (Fsp3) is 0.200. The first-order valence-electron chi connectivity index (χ1n) is 8.13. The molecule has 0 aliphatic rings. The number of benzene rings is 2. The summed E-state index contributed by atoms with van der Waals surface area (Å²) in [6.45, 7) is -0.0351. The highest BCUT2D eigenvalue weighted by atomic mass is 16.5. The highest BCUT2D eigenvalue weighted by molar-refractivity contribution is 5.93. The quantitative estimate of drug-likeness (QED) is 0.587. The van der Waals surface area contributed by atoms with Gasteiger partial charge in [-0.1, -0.05) is 18.2 Å². The van der Waals surface area contributed by atoms with E-state index in [2.05, 4.69) is 4.98 Å². The van der Waals surface area contributed by atoms with Crippen molar-refractivity contribution in [2.24, 2.45) is 0 Å². The molecule has 0 unspecified atom stereocenters. The summed E-state index contributed by atoms with van der Waals surface area (Å²) in [4.78, 5) is 16.8. The molecule has 0 bridgehead atoms. The molecule has 0 aliphatic heterocycles. The number of esters is 1. The molecule has 3 aromatic rings. The Balaban J connectivity index is 1.74. The fourth-order valence-electron chi connectivity index (χ4n) is 2.49. The van der Waals surface area contributed by atoms with Crippen molar-refractivity contribution in [1.82, 2.24) is 4.98 Å². The van der Waals surface area contributed by atoms with Gasteiger partial charge in [0.1, 0.15) is 29.9 Å². The second-order valence-corrected chi connectivity index (χ2v) is 5.49. The molecule has 140 valence electrons. The number of carbonyl (C=O) groups is 1. The molecule has 0 amide bonds. The van der Waals surface area contributed by atoms with Gasteiger partial charge in [-0.25, -0.2) is 9.78 Å². The molecule has 27 heavy (non-hydrogen) atoms. The van der Waals surface area contributed by atoms with Gasteiger partial charge in [-0.2, -0.15) is 0 Å². The molecule has 0 saturated carbocycles. The number of rotatable bonds is 7. The van der Waals surface area contributed by atoms with E-state index in [1.807, 2.05) is 30.3 Å². The van der Waals surface area contributed by atoms with Crippen LogP contribution in [0.5, 0.6) is 17.2 Å². The maximum absolute atomic E-state index is 12.5. The predicted octanol–water partition coefficient (Wildman–Crippen LogP) is 3.72. The Kier molecular flexibility index (Phi) is 5.61. The molecule has 0 N–H and O–H groups in total. The zero-order chi connectivity index (χ0) is 19.2. The number of carbonyl (C=O) groups excluding carboxylic acids is 1. The molecule has 0 radical (unpaired) electrons. The first-order valence-corrected chi connectivity index (χ1v) is 8.13. The average Bonchev–Trinajstić information content (AvgIpc) is 3.20. The number of oxazole rings is 1. The maximum atomic E-state index is 12.5. The second-order valence-electron chi connectivity index (χ2n) is 5.49. The number of aromatic nitrogens is 1. The molecule has 7 nitrogen and oxygen atoms in total. The van der Waals surface area contributed by atoms with Gasteiger partial charge < -0.3 is 23.4 Å². The molecule has 0 saturated heterocycles. The van der Waals surface area contributed by atoms with Gasteiger partial charge in [0.15, 0.2) is 11.5 Å². The standard InChI is InChI=1S/C20H19NO6/c1-23-16-10-18(25-3)17(24-2)9-15(16)20(22)27-12-14-11-26-19(21-14)13-7-5-4-6-8-13/h4-11H,12H2,1-3H3. The molecular formula is C20H19NO6. The number of hydrogen-bond acceptors (Lipinski definition) is 7. The first-order chi connectivity index (χ1) is 13.2. The van der Waals surface area contributed by atoms with Crippen molar-refractivity contribution >= 4 is 5.97 Å². The molecule has 7 heteroatoms. The van der Waals surface area contributed by atoms with Crippen LogP contribution in [-0.4, -0.2) is 32.3 Å². The molecule has 0 atom stereocenters. The van der Waals surface area contributed by atoms with E-state index < -0.39 is 5.97 Å². The Morgan fingerprint density at radius 2 is 1.63 bits per heavy atom. The van der Waals surface area contributed by atoms with Crippen LogP contribution < -0.4 is 14.2 Å². The van der Waals surface area contributed by atoms with E-state index in [4.69, 9.17) is 23.4 Å². The van der Waals surface area contributed by atoms with E-state index in [9.17, 15) is 4.79 Å². The Hall–Kier alpha value is -3.48. The SMILES string of the molecule is COc1cc(OC)c(C(=O)OCc2coc(-c3ccccc3)n2)cc1OC. The monoisotopic (exact) mass is 369 g/mol. The molecule has 1 aromatic heterocycles. The summed E-state index contributed by atoms with van der Waals surface area (Å²) >= 11 is 0. The highest BCUT2D eigenvalue weighted by Gasteiger charge is 2.19. The van der Waals surface area contributed by atoms with Crippen molar-refractivity contribution in [2.45, 2.75) is 6.61 Å². The minimum Gasteiger partial charge on any atom is -0.496 e. The number of ether oxygens (including phenoxy) is 4. The van der Waals surface area contributed by atoms with E-state index >= 15 is 0 Å². The van der Waals surface area contributed by atoms with Crippen LogP contribution in [0, 0.1) is 0 Å². The average molecular weight is 369 g/mol. The highest BCUT2D eigenvalue weighted by Crippen LogP contribution is 2.35. The van der Waals surface area contributed by atoms with Gasteiger partial charge in [0.25, 0.3) is 0 Å². The van der Waals surface area contributed by atoms with E-state index in [0.717, 1.165) is 5.56 Å². The lowest BCUT2D eigenvalue weighted by Crippen LogP contribution is -2.08. The zero-order valence-electron chi connectivity index (χ0n) is 15.2. The van der Waals surface area contributed by atoms with Gasteiger partial charge in [0, 0.05) is 17.7 Å². The van der Waals surface area contributed by atoms with Crippen LogP contribution >= 0.6 is 0 Å². The van der Waals surface area contributed by atoms with Gasteiger partial charge in [-0.15, -0.1) is 0 Å². The number of methoxy groups -OCH3 is 3. The Labute approximate surface area is 156 Å². The third kappa shape index (κ3) is 4.03. The van der Waals surface area contributed by atoms with Crippen molar-refractivity contribution in [3.8, 4) is 28.7 Å².